The first kappa shape index (κ1) is 19.8. The van der Waals surface area contributed by atoms with Gasteiger partial charge >= 0.3 is 0 Å². The minimum atomic E-state index is -0.950. The third-order valence-corrected chi connectivity index (χ3v) is 6.26. The highest BCUT2D eigenvalue weighted by Crippen LogP contribution is 2.47. The fraction of sp³-hybridized carbons (Fsp3) is 0.217. The Morgan fingerprint density at radius 1 is 1.06 bits per heavy atom. The summed E-state index contributed by atoms with van der Waals surface area (Å²) in [6.07, 6.45) is 4.98. The number of aryl methyl sites for hydroxylation is 1. The molecule has 0 spiro atoms. The topological polar surface area (TPSA) is 113 Å². The van der Waals surface area contributed by atoms with E-state index in [0.717, 1.165) is 4.90 Å². The second kappa shape index (κ2) is 7.23. The van der Waals surface area contributed by atoms with Crippen molar-refractivity contribution in [2.75, 3.05) is 4.90 Å². The van der Waals surface area contributed by atoms with Crippen molar-refractivity contribution in [1.82, 2.24) is 5.01 Å². The molecule has 0 bridgehead atoms. The van der Waals surface area contributed by atoms with Gasteiger partial charge in [-0.1, -0.05) is 42.5 Å². The maximum absolute atomic E-state index is 13.6. The van der Waals surface area contributed by atoms with Crippen molar-refractivity contribution in [1.29, 1.82) is 0 Å². The van der Waals surface area contributed by atoms with Gasteiger partial charge in [0.15, 0.2) is 5.78 Å². The third-order valence-electron chi connectivity index (χ3n) is 6.26. The van der Waals surface area contributed by atoms with Crippen molar-refractivity contribution in [3.8, 4) is 0 Å². The predicted octanol–water partition coefficient (Wildman–Crippen LogP) is 2.50. The Morgan fingerprint density at radius 2 is 1.78 bits per heavy atom. The number of ketones is 1. The van der Waals surface area contributed by atoms with Crippen LogP contribution in [0.3, 0.4) is 0 Å². The highest BCUT2D eigenvalue weighted by Gasteiger charge is 2.64. The van der Waals surface area contributed by atoms with Gasteiger partial charge in [0.1, 0.15) is 6.04 Å². The Morgan fingerprint density at radius 3 is 2.50 bits per heavy atom. The van der Waals surface area contributed by atoms with E-state index in [-0.39, 0.29) is 17.2 Å². The molecule has 160 valence electrons. The minimum Gasteiger partial charge on any atom is -0.292 e. The summed E-state index contributed by atoms with van der Waals surface area (Å²) in [7, 11) is 0. The minimum absolute atomic E-state index is 0.171. The molecule has 2 aromatic carbocycles. The number of hydrogen-bond acceptors (Lipinski definition) is 7. The molecule has 0 unspecified atom stereocenters. The largest absolute Gasteiger partial charge is 0.292 e. The molecule has 0 aliphatic carbocycles. The van der Waals surface area contributed by atoms with Crippen LogP contribution < -0.4 is 4.90 Å². The number of nitro groups is 1. The maximum Gasteiger partial charge on any atom is 0.271 e. The molecule has 32 heavy (non-hydrogen) atoms. The smallest absolute Gasteiger partial charge is 0.271 e. The number of fused-ring (bicyclic) bond motifs is 3. The predicted molar refractivity (Wildman–Crippen MR) is 115 cm³/mol. The average molecular weight is 430 g/mol. The van der Waals surface area contributed by atoms with Gasteiger partial charge in [-0.05, 0) is 18.6 Å². The number of amides is 2. The lowest BCUT2D eigenvalue weighted by atomic mass is 9.86. The van der Waals surface area contributed by atoms with Crippen LogP contribution in [0.5, 0.6) is 0 Å². The van der Waals surface area contributed by atoms with E-state index in [1.165, 1.54) is 29.4 Å². The molecule has 2 aromatic rings. The van der Waals surface area contributed by atoms with Gasteiger partial charge in [0.05, 0.1) is 28.5 Å². The zero-order valence-electron chi connectivity index (χ0n) is 17.0. The number of Topliss-reactive ketones (excluding diaryl/α,β-unsaturated/α-hetero) is 1. The van der Waals surface area contributed by atoms with Crippen LogP contribution in [0, 0.1) is 28.9 Å². The highest BCUT2D eigenvalue weighted by molar-refractivity contribution is 6.25. The fourth-order valence-corrected chi connectivity index (χ4v) is 4.80. The Bertz CT molecular complexity index is 1220. The standard InChI is InChI=1S/C23H18N4O5/c1-13-9-10-15(27(31)32)12-17(13)25-22(29)18-16-8-5-11-24-26(16)20(19(18)23(25)30)21(28)14-6-3-2-4-7-14/h2-12,16,18-20H,1H3/t16-,18-,19-,20-/m0/s1. The van der Waals surface area contributed by atoms with Crippen LogP contribution in [0.15, 0.2) is 65.8 Å². The number of carbonyl (C=O) groups is 3. The summed E-state index contributed by atoms with van der Waals surface area (Å²) in [6.45, 7) is 1.68. The molecule has 0 saturated carbocycles. The number of rotatable bonds is 4. The monoisotopic (exact) mass is 430 g/mol. The van der Waals surface area contributed by atoms with Crippen molar-refractivity contribution < 1.29 is 19.3 Å². The van der Waals surface area contributed by atoms with Crippen molar-refractivity contribution in [2.45, 2.75) is 19.0 Å². The second-order valence-corrected chi connectivity index (χ2v) is 7.99. The quantitative estimate of drug-likeness (QED) is 0.319. The molecule has 9 nitrogen and oxygen atoms in total. The van der Waals surface area contributed by atoms with Gasteiger partial charge in [0.2, 0.25) is 11.8 Å². The first-order valence-corrected chi connectivity index (χ1v) is 10.1. The van der Waals surface area contributed by atoms with E-state index in [9.17, 15) is 24.5 Å². The van der Waals surface area contributed by atoms with Crippen LogP contribution in [0.25, 0.3) is 0 Å². The van der Waals surface area contributed by atoms with Gasteiger partial charge in [-0.15, -0.1) is 0 Å². The van der Waals surface area contributed by atoms with Gasteiger partial charge in [-0.2, -0.15) is 5.10 Å². The molecule has 2 fully saturated rings. The van der Waals surface area contributed by atoms with Crippen LogP contribution in [0.4, 0.5) is 11.4 Å². The van der Waals surface area contributed by atoms with Gasteiger partial charge in [0, 0.05) is 23.9 Å². The number of nitrogens with zero attached hydrogens (tertiary/aromatic N) is 4. The lowest BCUT2D eigenvalue weighted by Gasteiger charge is -2.30. The summed E-state index contributed by atoms with van der Waals surface area (Å²) in [5.41, 5.74) is 0.928. The van der Waals surface area contributed by atoms with E-state index in [1.54, 1.807) is 49.4 Å². The van der Waals surface area contributed by atoms with E-state index in [2.05, 4.69) is 5.10 Å². The highest BCUT2D eigenvalue weighted by atomic mass is 16.6. The van der Waals surface area contributed by atoms with Gasteiger partial charge in [-0.3, -0.25) is 29.5 Å². The molecule has 3 aliphatic rings. The molecule has 0 N–H and O–H groups in total. The number of imide groups is 1. The average Bonchev–Trinajstić information content (AvgIpc) is 3.27. The molecule has 0 aromatic heterocycles. The van der Waals surface area contributed by atoms with E-state index in [4.69, 9.17) is 0 Å². The number of anilines is 1. The van der Waals surface area contributed by atoms with Crippen LogP contribution in [-0.2, 0) is 9.59 Å². The first-order chi connectivity index (χ1) is 15.4. The van der Waals surface area contributed by atoms with Crippen LogP contribution in [0.1, 0.15) is 15.9 Å². The number of non-ortho nitro benzene ring substituents is 1. The summed E-state index contributed by atoms with van der Waals surface area (Å²) in [5, 5.41) is 17.1. The zero-order valence-corrected chi connectivity index (χ0v) is 17.0. The molecule has 0 radical (unpaired) electrons. The third kappa shape index (κ3) is 2.78. The first-order valence-electron chi connectivity index (χ1n) is 10.1. The van der Waals surface area contributed by atoms with E-state index in [0.29, 0.717) is 11.1 Å². The summed E-state index contributed by atoms with van der Waals surface area (Å²) in [5.74, 6) is -3.08. The zero-order chi connectivity index (χ0) is 22.6. The molecule has 4 atom stereocenters. The molecular weight excluding hydrogens is 412 g/mol. The molecule has 2 saturated heterocycles. The van der Waals surface area contributed by atoms with Gasteiger partial charge < -0.3 is 0 Å². The maximum atomic E-state index is 13.6. The van der Waals surface area contributed by atoms with Crippen LogP contribution >= 0.6 is 0 Å². The fourth-order valence-electron chi connectivity index (χ4n) is 4.80. The van der Waals surface area contributed by atoms with Crippen LogP contribution in [-0.4, -0.2) is 45.8 Å². The lowest BCUT2D eigenvalue weighted by Crippen LogP contribution is -2.46. The molecule has 3 aliphatic heterocycles. The molecule has 3 heterocycles. The summed E-state index contributed by atoms with van der Waals surface area (Å²) in [4.78, 5) is 52.2. The summed E-state index contributed by atoms with van der Waals surface area (Å²) in [6, 6.07) is 11.1. The molecule has 9 heteroatoms. The molecular formula is C23H18N4O5. The van der Waals surface area contributed by atoms with E-state index >= 15 is 0 Å². The Kier molecular flexibility index (Phi) is 4.47. The summed E-state index contributed by atoms with van der Waals surface area (Å²) >= 11 is 0. The lowest BCUT2D eigenvalue weighted by molar-refractivity contribution is -0.384. The number of hydrogen-bond donors (Lipinski definition) is 0. The van der Waals surface area contributed by atoms with Gasteiger partial charge in [0.25, 0.3) is 5.69 Å². The SMILES string of the molecule is Cc1ccc([N+](=O)[O-])cc1N1C(=O)[C@@H]2[C@H](C1=O)[C@@H](C(=O)c1ccccc1)N1N=CC=C[C@@H]21. The van der Waals surface area contributed by atoms with E-state index < -0.39 is 40.7 Å². The van der Waals surface area contributed by atoms with Crippen LogP contribution in [0.2, 0.25) is 0 Å². The Balaban J connectivity index is 1.60. The normalized spacial score (nSPS) is 25.8. The number of hydrazone groups is 1. The second-order valence-electron chi connectivity index (χ2n) is 7.99. The van der Waals surface area contributed by atoms with Crippen molar-refractivity contribution in [3.05, 3.63) is 81.9 Å². The number of allylic oxidation sites excluding steroid dienone is 1. The molecule has 2 amide bonds. The van der Waals surface area contributed by atoms with Gasteiger partial charge in [-0.25, -0.2) is 4.90 Å². The van der Waals surface area contributed by atoms with E-state index in [1.807, 2.05) is 0 Å². The van der Waals surface area contributed by atoms with Crippen molar-refractivity contribution >= 4 is 35.2 Å². The number of nitro benzene ring substituents is 1. The Labute approximate surface area is 182 Å². The molecule has 5 rings (SSSR count). The Hall–Kier alpha value is -4.14. The van der Waals surface area contributed by atoms with Crippen molar-refractivity contribution in [2.24, 2.45) is 16.9 Å². The van der Waals surface area contributed by atoms with Crippen molar-refractivity contribution in [3.63, 3.8) is 0 Å². The number of benzene rings is 2. The summed E-state index contributed by atoms with van der Waals surface area (Å²) < 4.78 is 0. The number of carbonyl (C=O) groups excluding carboxylic acids is 3.